The first-order valence-corrected chi connectivity index (χ1v) is 9.98. The Hall–Kier alpha value is -2.32. The van der Waals surface area contributed by atoms with Crippen molar-refractivity contribution < 1.29 is 19.0 Å². The second-order valence-corrected chi connectivity index (χ2v) is 7.54. The monoisotopic (exact) mass is 406 g/mol. The van der Waals surface area contributed by atoms with Crippen LogP contribution in [-0.4, -0.2) is 31.0 Å². The Balaban J connectivity index is 1.94. The van der Waals surface area contributed by atoms with Crippen LogP contribution in [0.25, 0.3) is 0 Å². The Kier molecular flexibility index (Phi) is 6.18. The predicted octanol–water partition coefficient (Wildman–Crippen LogP) is 3.86. The molecule has 27 heavy (non-hydrogen) atoms. The second-order valence-electron chi connectivity index (χ2n) is 5.91. The van der Waals surface area contributed by atoms with Crippen LogP contribution < -0.4 is 20.1 Å². The number of carbonyl (C=O) groups excluding carboxylic acids is 1. The van der Waals surface area contributed by atoms with Crippen LogP contribution in [0.2, 0.25) is 0 Å². The van der Waals surface area contributed by atoms with Crippen molar-refractivity contribution in [2.24, 2.45) is 0 Å². The van der Waals surface area contributed by atoms with Gasteiger partial charge in [0.2, 0.25) is 6.79 Å². The van der Waals surface area contributed by atoms with E-state index in [1.54, 1.807) is 6.92 Å². The molecule has 0 fully saturated rings. The van der Waals surface area contributed by atoms with Gasteiger partial charge in [-0.1, -0.05) is 6.07 Å². The maximum atomic E-state index is 12.7. The minimum absolute atomic E-state index is 0.236. The van der Waals surface area contributed by atoms with E-state index in [2.05, 4.69) is 10.6 Å². The van der Waals surface area contributed by atoms with E-state index in [0.29, 0.717) is 35.2 Å². The zero-order valence-electron chi connectivity index (χ0n) is 15.5. The zero-order valence-corrected chi connectivity index (χ0v) is 17.1. The van der Waals surface area contributed by atoms with E-state index in [-0.39, 0.29) is 12.8 Å². The molecule has 0 amide bonds. The van der Waals surface area contributed by atoms with Gasteiger partial charge >= 0.3 is 5.97 Å². The molecule has 1 aromatic heterocycles. The van der Waals surface area contributed by atoms with Crippen LogP contribution in [0.4, 0.5) is 5.00 Å². The van der Waals surface area contributed by atoms with Gasteiger partial charge in [0.1, 0.15) is 5.00 Å². The molecular formula is C19H22N2O4S2. The highest BCUT2D eigenvalue weighted by Gasteiger charge is 2.24. The lowest BCUT2D eigenvalue weighted by molar-refractivity contribution is 0.0527. The average molecular weight is 407 g/mol. The van der Waals surface area contributed by atoms with Crippen molar-refractivity contribution in [3.8, 4) is 11.5 Å². The van der Waals surface area contributed by atoms with Gasteiger partial charge in [0.15, 0.2) is 16.6 Å². The van der Waals surface area contributed by atoms with Crippen LogP contribution in [0.1, 0.15) is 40.2 Å². The highest BCUT2D eigenvalue weighted by atomic mass is 32.1. The lowest BCUT2D eigenvalue weighted by Gasteiger charge is -2.11. The minimum atomic E-state index is -0.348. The van der Waals surface area contributed by atoms with Crippen LogP contribution >= 0.6 is 23.6 Å². The molecule has 0 unspecified atom stereocenters. The van der Waals surface area contributed by atoms with Gasteiger partial charge in [0.05, 0.1) is 12.2 Å². The van der Waals surface area contributed by atoms with Gasteiger partial charge in [-0.15, -0.1) is 11.3 Å². The summed E-state index contributed by atoms with van der Waals surface area (Å²) in [6.07, 6.45) is 0.586. The highest BCUT2D eigenvalue weighted by Crippen LogP contribution is 2.37. The maximum Gasteiger partial charge on any atom is 0.341 e. The average Bonchev–Trinajstić information content (AvgIpc) is 3.20. The number of ether oxygens (including phenoxy) is 3. The summed E-state index contributed by atoms with van der Waals surface area (Å²) in [6, 6.07) is 5.82. The molecule has 8 heteroatoms. The molecule has 1 aromatic carbocycles. The van der Waals surface area contributed by atoms with E-state index in [1.807, 2.05) is 32.0 Å². The lowest BCUT2D eigenvalue weighted by Crippen LogP contribution is -2.28. The smallest absolute Gasteiger partial charge is 0.341 e. The number of rotatable bonds is 6. The Labute approximate surface area is 167 Å². The van der Waals surface area contributed by atoms with Crippen molar-refractivity contribution >= 4 is 39.6 Å². The molecule has 144 valence electrons. The van der Waals surface area contributed by atoms with Crippen LogP contribution in [-0.2, 0) is 11.2 Å². The normalized spacial score (nSPS) is 12.0. The van der Waals surface area contributed by atoms with Gasteiger partial charge in [0.25, 0.3) is 0 Å². The Morgan fingerprint density at radius 1 is 1.30 bits per heavy atom. The number of anilines is 1. The second kappa shape index (κ2) is 8.58. The van der Waals surface area contributed by atoms with E-state index >= 15 is 0 Å². The van der Waals surface area contributed by atoms with Gasteiger partial charge < -0.3 is 24.8 Å². The zero-order chi connectivity index (χ0) is 19.4. The largest absolute Gasteiger partial charge is 0.462 e. The fraction of sp³-hybridized carbons (Fsp3) is 0.368. The van der Waals surface area contributed by atoms with Crippen molar-refractivity contribution in [3.05, 3.63) is 39.8 Å². The third-order valence-electron chi connectivity index (χ3n) is 4.07. The number of fused-ring (bicyclic) bond motifs is 1. The molecule has 1 aliphatic heterocycles. The lowest BCUT2D eigenvalue weighted by atomic mass is 10.0. The van der Waals surface area contributed by atoms with Gasteiger partial charge in [-0.2, -0.15) is 0 Å². The first-order valence-electron chi connectivity index (χ1n) is 8.76. The molecule has 2 heterocycles. The maximum absolute atomic E-state index is 12.7. The molecule has 0 atom stereocenters. The molecule has 0 saturated carbocycles. The van der Waals surface area contributed by atoms with Gasteiger partial charge in [-0.25, -0.2) is 4.79 Å². The number of hydrogen-bond donors (Lipinski definition) is 2. The molecule has 1 aliphatic rings. The highest BCUT2D eigenvalue weighted by molar-refractivity contribution is 7.80. The first kappa shape index (κ1) is 19.4. The van der Waals surface area contributed by atoms with Gasteiger partial charge in [0, 0.05) is 11.4 Å². The van der Waals surface area contributed by atoms with E-state index < -0.39 is 0 Å². The summed E-state index contributed by atoms with van der Waals surface area (Å²) < 4.78 is 16.1. The van der Waals surface area contributed by atoms with Crippen LogP contribution in [0, 0.1) is 6.92 Å². The molecule has 0 bridgehead atoms. The number of nitrogens with one attached hydrogen (secondary N) is 2. The summed E-state index contributed by atoms with van der Waals surface area (Å²) in [5.74, 6) is 1.12. The van der Waals surface area contributed by atoms with E-state index in [9.17, 15) is 4.79 Å². The summed E-state index contributed by atoms with van der Waals surface area (Å²) >= 11 is 6.78. The molecule has 6 nitrogen and oxygen atoms in total. The summed E-state index contributed by atoms with van der Waals surface area (Å²) in [5, 5.41) is 7.36. The number of carbonyl (C=O) groups is 1. The molecule has 3 rings (SSSR count). The Morgan fingerprint density at radius 2 is 2.07 bits per heavy atom. The number of thiocarbonyl (C=S) groups is 1. The van der Waals surface area contributed by atoms with Crippen molar-refractivity contribution in [1.82, 2.24) is 5.32 Å². The summed E-state index contributed by atoms with van der Waals surface area (Å²) in [6.45, 7) is 7.01. The predicted molar refractivity (Wildman–Crippen MR) is 110 cm³/mol. The van der Waals surface area contributed by atoms with Crippen molar-refractivity contribution in [1.29, 1.82) is 0 Å². The van der Waals surface area contributed by atoms with Gasteiger partial charge in [-0.3, -0.25) is 0 Å². The number of hydrogen-bond acceptors (Lipinski definition) is 6. The SMILES string of the molecule is CCNC(=S)Nc1sc(C)c(Cc2ccc3c(c2)OCO3)c1C(=O)OCC. The third kappa shape index (κ3) is 4.33. The molecule has 2 N–H and O–H groups in total. The molecule has 0 saturated heterocycles. The fourth-order valence-corrected chi connectivity index (χ4v) is 4.24. The molecule has 0 radical (unpaired) electrons. The summed E-state index contributed by atoms with van der Waals surface area (Å²) in [4.78, 5) is 13.7. The number of thiophene rings is 1. The number of aryl methyl sites for hydroxylation is 1. The fourth-order valence-electron chi connectivity index (χ4n) is 2.86. The molecular weight excluding hydrogens is 384 g/mol. The van der Waals surface area contributed by atoms with Crippen LogP contribution in [0.15, 0.2) is 18.2 Å². The number of benzene rings is 1. The van der Waals surface area contributed by atoms with Gasteiger partial charge in [-0.05, 0) is 62.7 Å². The first-order chi connectivity index (χ1) is 13.0. The Bertz CT molecular complexity index is 864. The standard InChI is InChI=1S/C19H22N2O4S2/c1-4-20-19(26)21-17-16(18(22)23-5-2)13(11(3)27-17)8-12-6-7-14-15(9-12)25-10-24-14/h6-7,9H,4-5,8,10H2,1-3H3,(H2,20,21,26). The van der Waals surface area contributed by atoms with Crippen molar-refractivity contribution in [2.75, 3.05) is 25.3 Å². The van der Waals surface area contributed by atoms with Crippen molar-refractivity contribution in [3.63, 3.8) is 0 Å². The summed E-state index contributed by atoms with van der Waals surface area (Å²) in [5.41, 5.74) is 2.50. The topological polar surface area (TPSA) is 68.8 Å². The van der Waals surface area contributed by atoms with E-state index in [0.717, 1.165) is 27.5 Å². The number of esters is 1. The van der Waals surface area contributed by atoms with Crippen LogP contribution in [0.3, 0.4) is 0 Å². The Morgan fingerprint density at radius 3 is 2.81 bits per heavy atom. The van der Waals surface area contributed by atoms with E-state index in [4.69, 9.17) is 26.4 Å². The summed E-state index contributed by atoms with van der Waals surface area (Å²) in [7, 11) is 0. The third-order valence-corrected chi connectivity index (χ3v) is 5.38. The molecule has 0 spiro atoms. The van der Waals surface area contributed by atoms with Crippen molar-refractivity contribution in [2.45, 2.75) is 27.2 Å². The molecule has 2 aromatic rings. The quantitative estimate of drug-likeness (QED) is 0.558. The minimum Gasteiger partial charge on any atom is -0.462 e. The van der Waals surface area contributed by atoms with E-state index in [1.165, 1.54) is 11.3 Å². The van der Waals surface area contributed by atoms with Crippen LogP contribution in [0.5, 0.6) is 11.5 Å². The molecule has 0 aliphatic carbocycles.